The molecule has 0 saturated heterocycles. The molecular weight excluding hydrogens is 625 g/mol. The fourth-order valence-electron chi connectivity index (χ4n) is 6.01. The molecule has 2 heterocycles. The van der Waals surface area contributed by atoms with Crippen molar-refractivity contribution in [1.29, 1.82) is 0 Å². The first-order chi connectivity index (χ1) is 22.3. The van der Waals surface area contributed by atoms with Crippen LogP contribution < -0.4 is 16.0 Å². The van der Waals surface area contributed by atoms with E-state index >= 15 is 8.78 Å². The number of likely N-dealkylation sites (N-methyl/N-ethyl adjacent to an activating group) is 1. The Morgan fingerprint density at radius 1 is 1.00 bits per heavy atom. The van der Waals surface area contributed by atoms with Crippen LogP contribution >= 0.6 is 0 Å². The molecule has 248 valence electrons. The number of carboxylic acid groups (broad SMARTS) is 1. The molecule has 1 atom stereocenters. The summed E-state index contributed by atoms with van der Waals surface area (Å²) in [6, 6.07) is 13.4. The van der Waals surface area contributed by atoms with Crippen molar-refractivity contribution in [2.24, 2.45) is 0 Å². The zero-order valence-electron chi connectivity index (χ0n) is 25.6. The summed E-state index contributed by atoms with van der Waals surface area (Å²) in [5, 5.41) is 8.88. The maximum atomic E-state index is 16.0. The zero-order chi connectivity index (χ0) is 34.0. The monoisotopic (exact) mass is 657 g/mol. The van der Waals surface area contributed by atoms with Gasteiger partial charge in [-0.15, -0.1) is 0 Å². The number of carbonyl (C=O) groups is 1. The van der Waals surface area contributed by atoms with Crippen LogP contribution in [0.3, 0.4) is 0 Å². The number of ether oxygens (including phenoxy) is 1. The third kappa shape index (κ3) is 6.85. The second-order valence-electron chi connectivity index (χ2n) is 11.4. The molecule has 1 aliphatic heterocycles. The zero-order valence-corrected chi connectivity index (χ0v) is 25.6. The lowest BCUT2D eigenvalue weighted by Gasteiger charge is -2.35. The number of nitrogens with zero attached hydrogens (tertiary/aromatic N) is 3. The van der Waals surface area contributed by atoms with Crippen LogP contribution in [0, 0.1) is 18.6 Å². The van der Waals surface area contributed by atoms with Crippen molar-refractivity contribution < 1.29 is 36.6 Å². The average Bonchev–Trinajstić information content (AvgIpc) is 3.02. The molecular formula is C34H32F5N3O5. The summed E-state index contributed by atoms with van der Waals surface area (Å²) in [6.45, 7) is 0.649. The first-order valence-electron chi connectivity index (χ1n) is 14.9. The van der Waals surface area contributed by atoms with Gasteiger partial charge in [0, 0.05) is 29.8 Å². The molecule has 0 fully saturated rings. The van der Waals surface area contributed by atoms with Crippen LogP contribution in [0.2, 0.25) is 0 Å². The number of halogens is 5. The maximum Gasteiger partial charge on any atom is 0.416 e. The van der Waals surface area contributed by atoms with E-state index in [0.29, 0.717) is 12.6 Å². The molecule has 1 aromatic heterocycles. The molecule has 0 unspecified atom stereocenters. The summed E-state index contributed by atoms with van der Waals surface area (Å²) in [6.07, 6.45) is -4.36. The van der Waals surface area contributed by atoms with Gasteiger partial charge in [-0.3, -0.25) is 23.6 Å². The number of benzene rings is 3. The van der Waals surface area contributed by atoms with E-state index in [1.165, 1.54) is 25.1 Å². The number of alkyl halides is 3. The van der Waals surface area contributed by atoms with Gasteiger partial charge in [-0.25, -0.2) is 13.6 Å². The minimum absolute atomic E-state index is 0.0796. The minimum Gasteiger partial charge on any atom is -0.490 e. The Bertz CT molecular complexity index is 1940. The molecule has 4 aromatic rings. The number of aliphatic carboxylic acids is 1. The lowest BCUT2D eigenvalue weighted by Crippen LogP contribution is -2.46. The second-order valence-corrected chi connectivity index (χ2v) is 11.4. The van der Waals surface area contributed by atoms with E-state index in [0.717, 1.165) is 38.8 Å². The molecule has 8 nitrogen and oxygen atoms in total. The highest BCUT2D eigenvalue weighted by molar-refractivity contribution is 5.68. The number of aromatic nitrogens is 2. The van der Waals surface area contributed by atoms with Gasteiger partial charge in [0.15, 0.2) is 11.6 Å². The minimum atomic E-state index is -4.95. The number of carboxylic acids is 1. The summed E-state index contributed by atoms with van der Waals surface area (Å²) in [5.41, 5.74) is -2.86. The Kier molecular flexibility index (Phi) is 9.66. The fraction of sp³-hybridized carbons (Fsp3) is 0.324. The van der Waals surface area contributed by atoms with E-state index in [2.05, 4.69) is 0 Å². The van der Waals surface area contributed by atoms with Crippen LogP contribution in [0.4, 0.5) is 22.0 Å². The third-order valence-electron chi connectivity index (χ3n) is 8.49. The van der Waals surface area contributed by atoms with Crippen molar-refractivity contribution in [2.45, 2.75) is 51.5 Å². The molecule has 3 aromatic carbocycles. The highest BCUT2D eigenvalue weighted by Gasteiger charge is 2.35. The molecule has 5 rings (SSSR count). The number of rotatable bonds is 10. The van der Waals surface area contributed by atoms with Crippen molar-refractivity contribution in [1.82, 2.24) is 14.0 Å². The van der Waals surface area contributed by atoms with Crippen molar-refractivity contribution in [3.63, 3.8) is 0 Å². The standard InChI is InChI=1S/C34H32F5N3O5/c1-20-30(23-10-5-13-28(31(23)36)47-17-7-14-29(43)44)32(45)42(19-27-22-9-4-3-8-21(22)15-16-40(27)2)33(46)41(20)18-24-25(34(37,38)39)11-6-12-26(24)35/h3-6,8-13,27H,7,14-19H2,1-2H3,(H,43,44)/t27-/m0/s1. The van der Waals surface area contributed by atoms with Crippen molar-refractivity contribution in [3.05, 3.63) is 121 Å². The van der Waals surface area contributed by atoms with Gasteiger partial charge in [-0.05, 0) is 56.1 Å². The van der Waals surface area contributed by atoms with E-state index in [1.807, 2.05) is 36.2 Å². The molecule has 0 aliphatic carbocycles. The predicted octanol–water partition coefficient (Wildman–Crippen LogP) is 5.80. The van der Waals surface area contributed by atoms with Gasteiger partial charge < -0.3 is 9.84 Å². The van der Waals surface area contributed by atoms with Crippen LogP contribution in [-0.2, 0) is 30.5 Å². The molecule has 0 radical (unpaired) electrons. The normalized spacial score (nSPS) is 15.0. The van der Waals surface area contributed by atoms with Gasteiger partial charge in [0.05, 0.1) is 36.9 Å². The highest BCUT2D eigenvalue weighted by atomic mass is 19.4. The van der Waals surface area contributed by atoms with Gasteiger partial charge in [0.2, 0.25) is 0 Å². The van der Waals surface area contributed by atoms with Crippen molar-refractivity contribution in [2.75, 3.05) is 20.2 Å². The van der Waals surface area contributed by atoms with E-state index in [-0.39, 0.29) is 48.6 Å². The predicted molar refractivity (Wildman–Crippen MR) is 163 cm³/mol. The number of hydrogen-bond acceptors (Lipinski definition) is 5. The molecule has 1 N–H and O–H groups in total. The lowest BCUT2D eigenvalue weighted by molar-refractivity contribution is -0.139. The molecule has 0 spiro atoms. The highest BCUT2D eigenvalue weighted by Crippen LogP contribution is 2.35. The van der Waals surface area contributed by atoms with E-state index < -0.39 is 58.7 Å². The number of hydrogen-bond donors (Lipinski definition) is 1. The molecule has 0 amide bonds. The topological polar surface area (TPSA) is 93.8 Å². The average molecular weight is 658 g/mol. The van der Waals surface area contributed by atoms with Crippen molar-refractivity contribution >= 4 is 5.97 Å². The van der Waals surface area contributed by atoms with Crippen LogP contribution in [0.1, 0.15) is 46.8 Å². The van der Waals surface area contributed by atoms with Gasteiger partial charge in [-0.2, -0.15) is 13.2 Å². The van der Waals surface area contributed by atoms with E-state index in [9.17, 15) is 27.6 Å². The molecule has 13 heteroatoms. The second kappa shape index (κ2) is 13.5. The first kappa shape index (κ1) is 33.6. The first-order valence-corrected chi connectivity index (χ1v) is 14.9. The molecule has 1 aliphatic rings. The fourth-order valence-corrected chi connectivity index (χ4v) is 6.01. The Hall–Kier alpha value is -4.78. The Labute approximate surface area is 266 Å². The summed E-state index contributed by atoms with van der Waals surface area (Å²) in [5.74, 6) is -3.53. The SMILES string of the molecule is Cc1c(-c2cccc(OCCCC(=O)O)c2F)c(=O)n(C[C@H]2c3ccccc3CCN2C)c(=O)n1Cc1c(F)cccc1C(F)(F)F. The summed E-state index contributed by atoms with van der Waals surface area (Å²) < 4.78 is 80.1. The largest absolute Gasteiger partial charge is 0.490 e. The maximum absolute atomic E-state index is 16.0. The van der Waals surface area contributed by atoms with Gasteiger partial charge >= 0.3 is 17.8 Å². The summed E-state index contributed by atoms with van der Waals surface area (Å²) in [7, 11) is 1.82. The van der Waals surface area contributed by atoms with Crippen LogP contribution in [0.5, 0.6) is 5.75 Å². The smallest absolute Gasteiger partial charge is 0.416 e. The van der Waals surface area contributed by atoms with Gasteiger partial charge in [0.1, 0.15) is 5.82 Å². The van der Waals surface area contributed by atoms with Gasteiger partial charge in [0.25, 0.3) is 5.56 Å². The third-order valence-corrected chi connectivity index (χ3v) is 8.49. The summed E-state index contributed by atoms with van der Waals surface area (Å²) in [4.78, 5) is 41.1. The summed E-state index contributed by atoms with van der Waals surface area (Å²) >= 11 is 0. The van der Waals surface area contributed by atoms with Crippen LogP contribution in [0.25, 0.3) is 11.1 Å². The molecule has 0 bridgehead atoms. The lowest BCUT2D eigenvalue weighted by atomic mass is 9.93. The quantitative estimate of drug-likeness (QED) is 0.171. The van der Waals surface area contributed by atoms with Crippen molar-refractivity contribution in [3.8, 4) is 16.9 Å². The van der Waals surface area contributed by atoms with Gasteiger partial charge in [-0.1, -0.05) is 42.5 Å². The van der Waals surface area contributed by atoms with Crippen LogP contribution in [-0.4, -0.2) is 45.3 Å². The Balaban J connectivity index is 1.70. The molecule has 0 saturated carbocycles. The molecule has 47 heavy (non-hydrogen) atoms. The Morgan fingerprint density at radius 3 is 2.45 bits per heavy atom. The van der Waals surface area contributed by atoms with E-state index in [4.69, 9.17) is 9.84 Å². The van der Waals surface area contributed by atoms with Crippen LogP contribution in [0.15, 0.2) is 70.3 Å². The Morgan fingerprint density at radius 2 is 1.72 bits per heavy atom. The number of fused-ring (bicyclic) bond motifs is 1. The van der Waals surface area contributed by atoms with E-state index in [1.54, 1.807) is 0 Å².